The lowest BCUT2D eigenvalue weighted by Crippen LogP contribution is -2.41. The highest BCUT2D eigenvalue weighted by atomic mass is 32.2. The van der Waals surface area contributed by atoms with Gasteiger partial charge in [-0.1, -0.05) is 18.6 Å². The zero-order chi connectivity index (χ0) is 28.9. The highest BCUT2D eigenvalue weighted by Crippen LogP contribution is 2.52. The number of hydrogen-bond acceptors (Lipinski definition) is 7. The molecule has 3 aliphatic heterocycles. The first-order valence-corrected chi connectivity index (χ1v) is 14.2. The highest BCUT2D eigenvalue weighted by molar-refractivity contribution is 8.00. The molecule has 40 heavy (non-hydrogen) atoms. The van der Waals surface area contributed by atoms with E-state index in [2.05, 4.69) is 31.5 Å². The van der Waals surface area contributed by atoms with Gasteiger partial charge in [0, 0.05) is 35.1 Å². The molecule has 2 fully saturated rings. The number of thioether (sulfide) groups is 1. The molecule has 3 heterocycles. The Morgan fingerprint density at radius 1 is 1.10 bits per heavy atom. The molecule has 3 aliphatic rings. The van der Waals surface area contributed by atoms with Crippen LogP contribution in [-0.2, 0) is 15.3 Å². The number of aliphatic carboxylic acids is 1. The molecule has 11 nitrogen and oxygen atoms in total. The van der Waals surface area contributed by atoms with E-state index in [0.717, 1.165) is 37.1 Å². The summed E-state index contributed by atoms with van der Waals surface area (Å²) in [6.07, 6.45) is -0.704. The molecule has 5 N–H and O–H groups in total. The van der Waals surface area contributed by atoms with Crippen LogP contribution in [0.5, 0.6) is 0 Å². The van der Waals surface area contributed by atoms with E-state index in [1.54, 1.807) is 0 Å². The van der Waals surface area contributed by atoms with E-state index in [1.807, 2.05) is 11.8 Å². The van der Waals surface area contributed by atoms with Gasteiger partial charge in [-0.3, -0.25) is 9.59 Å². The maximum Gasteiger partial charge on any atom is 0.442 e. The van der Waals surface area contributed by atoms with Crippen LogP contribution in [0.2, 0.25) is 0 Å². The summed E-state index contributed by atoms with van der Waals surface area (Å²) >= 11 is 1.84. The zero-order valence-electron chi connectivity index (χ0n) is 21.5. The molecule has 0 bridgehead atoms. The number of urea groups is 1. The maximum absolute atomic E-state index is 13.1. The number of halogens is 3. The Kier molecular flexibility index (Phi) is 9.21. The van der Waals surface area contributed by atoms with Crippen LogP contribution in [0.25, 0.3) is 0 Å². The Morgan fingerprint density at radius 2 is 1.82 bits per heavy atom. The molecule has 0 aromatic heterocycles. The fraction of sp³-hybridized carbons (Fsp3) is 0.600. The lowest BCUT2D eigenvalue weighted by Gasteiger charge is -2.16. The average Bonchev–Trinajstić information content (AvgIpc) is 3.54. The third kappa shape index (κ3) is 7.04. The molecule has 1 aromatic rings. The lowest BCUT2D eigenvalue weighted by atomic mass is 10.0. The fourth-order valence-corrected chi connectivity index (χ4v) is 6.40. The van der Waals surface area contributed by atoms with Crippen LogP contribution in [0.3, 0.4) is 0 Å². The van der Waals surface area contributed by atoms with Crippen molar-refractivity contribution in [3.8, 4) is 0 Å². The van der Waals surface area contributed by atoms with Crippen molar-refractivity contribution in [1.82, 2.24) is 21.3 Å². The summed E-state index contributed by atoms with van der Waals surface area (Å²) in [5.41, 5.74) is -2.81. The SMILES string of the molecule is O=C(CCCC[C@@H]1SC[C@@H]2NC(=O)N[C@@H]21)NCCCC[C@H](NC(=O)c1ccc(C2(C(F)(F)F)N=N2)cc1)C(=O)O. The number of carbonyl (C=O) groups excluding carboxylic acids is 3. The van der Waals surface area contributed by atoms with E-state index < -0.39 is 29.8 Å². The largest absolute Gasteiger partial charge is 0.480 e. The van der Waals surface area contributed by atoms with Gasteiger partial charge >= 0.3 is 23.8 Å². The Morgan fingerprint density at radius 3 is 2.48 bits per heavy atom. The van der Waals surface area contributed by atoms with Gasteiger partial charge in [0.2, 0.25) is 5.91 Å². The monoisotopic (exact) mass is 584 g/mol. The Hall–Kier alpha value is -3.36. The predicted molar refractivity (Wildman–Crippen MR) is 139 cm³/mol. The highest BCUT2D eigenvalue weighted by Gasteiger charge is 2.65. The van der Waals surface area contributed by atoms with E-state index in [-0.39, 0.29) is 41.6 Å². The quantitative estimate of drug-likeness (QED) is 0.167. The number of nitrogens with one attached hydrogen (secondary N) is 4. The van der Waals surface area contributed by atoms with E-state index >= 15 is 0 Å². The first-order chi connectivity index (χ1) is 19.0. The summed E-state index contributed by atoms with van der Waals surface area (Å²) in [5, 5.41) is 27.1. The molecule has 4 atom stereocenters. The van der Waals surface area contributed by atoms with Crippen LogP contribution in [0.1, 0.15) is 60.9 Å². The number of amides is 4. The number of fused-ring (bicyclic) bond motifs is 1. The van der Waals surface area contributed by atoms with Crippen molar-refractivity contribution in [2.24, 2.45) is 10.2 Å². The zero-order valence-corrected chi connectivity index (χ0v) is 22.3. The van der Waals surface area contributed by atoms with Crippen molar-refractivity contribution in [1.29, 1.82) is 0 Å². The van der Waals surface area contributed by atoms with E-state index in [4.69, 9.17) is 0 Å². The molecular formula is C25H31F3N6O5S. The van der Waals surface area contributed by atoms with Crippen molar-refractivity contribution in [2.45, 2.75) is 80.2 Å². The summed E-state index contributed by atoms with van der Waals surface area (Å²) in [6, 6.07) is 3.55. The van der Waals surface area contributed by atoms with Gasteiger partial charge in [-0.05, 0) is 44.2 Å². The molecular weight excluding hydrogens is 553 g/mol. The second-order valence-electron chi connectivity index (χ2n) is 10.0. The van der Waals surface area contributed by atoms with Crippen molar-refractivity contribution in [2.75, 3.05) is 12.3 Å². The minimum absolute atomic E-state index is 0.0104. The fourth-order valence-electron chi connectivity index (χ4n) is 4.86. The van der Waals surface area contributed by atoms with Crippen LogP contribution in [0, 0.1) is 0 Å². The minimum atomic E-state index is -4.68. The number of alkyl halides is 3. The van der Waals surface area contributed by atoms with Gasteiger partial charge < -0.3 is 26.4 Å². The number of nitrogens with zero attached hydrogens (tertiary/aromatic N) is 2. The molecule has 0 aliphatic carbocycles. The van der Waals surface area contributed by atoms with Gasteiger partial charge in [0.1, 0.15) is 6.04 Å². The number of hydrogen-bond donors (Lipinski definition) is 5. The second-order valence-corrected chi connectivity index (χ2v) is 11.3. The molecule has 4 amide bonds. The van der Waals surface area contributed by atoms with Crippen LogP contribution >= 0.6 is 11.8 Å². The summed E-state index contributed by atoms with van der Waals surface area (Å²) in [4.78, 5) is 47.6. The first-order valence-electron chi connectivity index (χ1n) is 13.1. The van der Waals surface area contributed by atoms with Gasteiger partial charge in [-0.15, -0.1) is 10.2 Å². The second kappa shape index (κ2) is 12.4. The van der Waals surface area contributed by atoms with Gasteiger partial charge in [-0.25, -0.2) is 9.59 Å². The molecule has 0 saturated carbocycles. The number of carboxylic acids is 1. The molecule has 0 spiro atoms. The predicted octanol–water partition coefficient (Wildman–Crippen LogP) is 3.06. The smallest absolute Gasteiger partial charge is 0.442 e. The number of unbranched alkanes of at least 4 members (excludes halogenated alkanes) is 2. The van der Waals surface area contributed by atoms with Crippen molar-refractivity contribution in [3.63, 3.8) is 0 Å². The van der Waals surface area contributed by atoms with Crippen LogP contribution < -0.4 is 21.3 Å². The average molecular weight is 585 g/mol. The summed E-state index contributed by atoms with van der Waals surface area (Å²) in [5.74, 6) is -1.15. The topological polar surface area (TPSA) is 161 Å². The van der Waals surface area contributed by atoms with Gasteiger partial charge in [0.25, 0.3) is 5.91 Å². The van der Waals surface area contributed by atoms with Gasteiger partial charge in [0.05, 0.1) is 12.1 Å². The maximum atomic E-state index is 13.1. The molecule has 0 radical (unpaired) electrons. The normalized spacial score (nSPS) is 23.1. The van der Waals surface area contributed by atoms with Crippen molar-refractivity contribution < 1.29 is 37.5 Å². The third-order valence-corrected chi connectivity index (χ3v) is 8.68. The van der Waals surface area contributed by atoms with E-state index in [0.29, 0.717) is 31.1 Å². The van der Waals surface area contributed by atoms with E-state index in [9.17, 15) is 37.5 Å². The van der Waals surface area contributed by atoms with Gasteiger partial charge in [-0.2, -0.15) is 24.9 Å². The Balaban J connectivity index is 1.09. The minimum Gasteiger partial charge on any atom is -0.480 e. The molecule has 2 saturated heterocycles. The van der Waals surface area contributed by atoms with Crippen molar-refractivity contribution >= 4 is 35.6 Å². The van der Waals surface area contributed by atoms with Crippen LogP contribution in [0.15, 0.2) is 34.5 Å². The number of benzene rings is 1. The first kappa shape index (κ1) is 29.6. The summed E-state index contributed by atoms with van der Waals surface area (Å²) < 4.78 is 39.4. The summed E-state index contributed by atoms with van der Waals surface area (Å²) in [7, 11) is 0. The lowest BCUT2D eigenvalue weighted by molar-refractivity contribution is -0.166. The Labute approximate surface area is 232 Å². The molecule has 218 valence electrons. The number of rotatable bonds is 14. The molecule has 4 rings (SSSR count). The van der Waals surface area contributed by atoms with Crippen LogP contribution in [-0.4, -0.2) is 70.8 Å². The van der Waals surface area contributed by atoms with Crippen molar-refractivity contribution in [3.05, 3.63) is 35.4 Å². The molecule has 0 unspecified atom stereocenters. The van der Waals surface area contributed by atoms with Gasteiger partial charge in [0.15, 0.2) is 0 Å². The number of carboxylic acid groups (broad SMARTS) is 1. The number of carbonyl (C=O) groups is 4. The van der Waals surface area contributed by atoms with E-state index in [1.165, 1.54) is 12.1 Å². The summed E-state index contributed by atoms with van der Waals surface area (Å²) in [6.45, 7) is 0.373. The third-order valence-electron chi connectivity index (χ3n) is 7.17. The van der Waals surface area contributed by atoms with Crippen LogP contribution in [0.4, 0.5) is 18.0 Å². The molecule has 1 aromatic carbocycles. The molecule has 15 heteroatoms. The Bertz CT molecular complexity index is 1140. The standard InChI is InChI=1S/C25H31F3N6O5S/c26-25(27,28)24(33-34-24)15-10-8-14(9-11-15)21(36)30-16(22(37)38)5-3-4-12-29-19(35)7-2-1-6-18-20-17(13-40-18)31-23(39)32-20/h8-11,16-18,20H,1-7,12-13H2,(H,29,35)(H,30,36)(H,37,38)(H2,31,32,39)/t16-,17-,18-,20-/m0/s1.